The summed E-state index contributed by atoms with van der Waals surface area (Å²) in [5.74, 6) is 0.896. The molecule has 2 heterocycles. The minimum Gasteiger partial charge on any atom is -0.396 e. The molecule has 2 N–H and O–H groups in total. The van der Waals surface area contributed by atoms with E-state index >= 15 is 0 Å². The van der Waals surface area contributed by atoms with Crippen LogP contribution in [0.15, 0.2) is 42.7 Å². The van der Waals surface area contributed by atoms with Crippen LogP contribution in [0.4, 0.5) is 5.82 Å². The van der Waals surface area contributed by atoms with E-state index in [2.05, 4.69) is 33.5 Å². The van der Waals surface area contributed by atoms with E-state index in [4.69, 9.17) is 5.11 Å². The Balaban J connectivity index is 1.78. The largest absolute Gasteiger partial charge is 0.396 e. The fourth-order valence-electron chi connectivity index (χ4n) is 2.36. The van der Waals surface area contributed by atoms with Gasteiger partial charge in [-0.2, -0.15) is 0 Å². The molecule has 0 radical (unpaired) electrons. The first-order valence-electron chi connectivity index (χ1n) is 7.53. The van der Waals surface area contributed by atoms with E-state index in [0.717, 1.165) is 41.8 Å². The number of nitrogens with zero attached hydrogens (tertiary/aromatic N) is 2. The van der Waals surface area contributed by atoms with Gasteiger partial charge in [0.1, 0.15) is 17.0 Å². The van der Waals surface area contributed by atoms with Crippen LogP contribution in [0.3, 0.4) is 0 Å². The molecule has 2 aromatic heterocycles. The third kappa shape index (κ3) is 3.43. The SMILES string of the molecule is OCCCCCNc1ncnc2sc(-c3ccccc3)cc12. The highest BCUT2D eigenvalue weighted by molar-refractivity contribution is 7.21. The second-order valence-corrected chi connectivity index (χ2v) is 6.16. The fourth-order valence-corrected chi connectivity index (χ4v) is 3.37. The van der Waals surface area contributed by atoms with Crippen molar-refractivity contribution in [3.8, 4) is 10.4 Å². The Morgan fingerprint density at radius 3 is 2.73 bits per heavy atom. The van der Waals surface area contributed by atoms with Crippen LogP contribution in [0.5, 0.6) is 0 Å². The van der Waals surface area contributed by atoms with E-state index in [-0.39, 0.29) is 6.61 Å². The third-order valence-electron chi connectivity index (χ3n) is 3.52. The second-order valence-electron chi connectivity index (χ2n) is 5.13. The van der Waals surface area contributed by atoms with Crippen molar-refractivity contribution in [2.75, 3.05) is 18.5 Å². The summed E-state index contributed by atoms with van der Waals surface area (Å²) < 4.78 is 0. The van der Waals surface area contributed by atoms with Gasteiger partial charge in [-0.05, 0) is 30.9 Å². The lowest BCUT2D eigenvalue weighted by Gasteiger charge is -2.05. The van der Waals surface area contributed by atoms with Crippen molar-refractivity contribution in [2.24, 2.45) is 0 Å². The van der Waals surface area contributed by atoms with Crippen molar-refractivity contribution in [2.45, 2.75) is 19.3 Å². The number of hydrogen-bond donors (Lipinski definition) is 2. The molecule has 1 aromatic carbocycles. The number of hydrogen-bond acceptors (Lipinski definition) is 5. The topological polar surface area (TPSA) is 58.0 Å². The zero-order chi connectivity index (χ0) is 15.2. The second kappa shape index (κ2) is 7.33. The highest BCUT2D eigenvalue weighted by atomic mass is 32.1. The molecule has 5 heteroatoms. The van der Waals surface area contributed by atoms with E-state index in [1.807, 2.05) is 18.2 Å². The van der Waals surface area contributed by atoms with Crippen LogP contribution < -0.4 is 5.32 Å². The number of aromatic nitrogens is 2. The molecule has 114 valence electrons. The van der Waals surface area contributed by atoms with E-state index in [1.54, 1.807) is 17.7 Å². The zero-order valence-corrected chi connectivity index (χ0v) is 13.1. The molecule has 3 aromatic rings. The Kier molecular flexibility index (Phi) is 4.98. The Morgan fingerprint density at radius 1 is 1.05 bits per heavy atom. The van der Waals surface area contributed by atoms with Gasteiger partial charge in [0.25, 0.3) is 0 Å². The fraction of sp³-hybridized carbons (Fsp3) is 0.294. The molecule has 0 unspecified atom stereocenters. The van der Waals surface area contributed by atoms with Crippen molar-refractivity contribution in [1.29, 1.82) is 0 Å². The molecule has 0 aliphatic heterocycles. The molecule has 0 spiro atoms. The first kappa shape index (κ1) is 14.9. The van der Waals surface area contributed by atoms with Gasteiger partial charge >= 0.3 is 0 Å². The molecule has 0 aliphatic rings. The molecule has 0 fully saturated rings. The molecule has 0 amide bonds. The number of aliphatic hydroxyl groups is 1. The lowest BCUT2D eigenvalue weighted by Crippen LogP contribution is -2.04. The highest BCUT2D eigenvalue weighted by Gasteiger charge is 2.09. The monoisotopic (exact) mass is 313 g/mol. The Hall–Kier alpha value is -1.98. The van der Waals surface area contributed by atoms with Crippen LogP contribution in [0.25, 0.3) is 20.7 Å². The Bertz CT molecular complexity index is 727. The maximum absolute atomic E-state index is 8.80. The molecule has 0 aliphatic carbocycles. The number of thiophene rings is 1. The number of benzene rings is 1. The van der Waals surface area contributed by atoms with Gasteiger partial charge in [-0.25, -0.2) is 9.97 Å². The third-order valence-corrected chi connectivity index (χ3v) is 4.61. The van der Waals surface area contributed by atoms with E-state index in [1.165, 1.54) is 10.4 Å². The van der Waals surface area contributed by atoms with Gasteiger partial charge in [0.2, 0.25) is 0 Å². The van der Waals surface area contributed by atoms with E-state index < -0.39 is 0 Å². The van der Waals surface area contributed by atoms with Gasteiger partial charge in [-0.15, -0.1) is 11.3 Å². The van der Waals surface area contributed by atoms with Crippen molar-refractivity contribution in [3.63, 3.8) is 0 Å². The maximum Gasteiger partial charge on any atom is 0.138 e. The Morgan fingerprint density at radius 2 is 1.91 bits per heavy atom. The van der Waals surface area contributed by atoms with Gasteiger partial charge in [-0.3, -0.25) is 0 Å². The van der Waals surface area contributed by atoms with Gasteiger partial charge in [0, 0.05) is 18.0 Å². The Labute approximate surface area is 133 Å². The van der Waals surface area contributed by atoms with Gasteiger partial charge in [-0.1, -0.05) is 30.3 Å². The minimum atomic E-state index is 0.267. The minimum absolute atomic E-state index is 0.267. The molecule has 0 bridgehead atoms. The summed E-state index contributed by atoms with van der Waals surface area (Å²) in [6, 6.07) is 12.5. The summed E-state index contributed by atoms with van der Waals surface area (Å²) in [7, 11) is 0. The zero-order valence-electron chi connectivity index (χ0n) is 12.3. The smallest absolute Gasteiger partial charge is 0.138 e. The summed E-state index contributed by atoms with van der Waals surface area (Å²) in [5.41, 5.74) is 1.21. The van der Waals surface area contributed by atoms with Gasteiger partial charge in [0.15, 0.2) is 0 Å². The summed E-state index contributed by atoms with van der Waals surface area (Å²) in [5, 5.41) is 13.3. The summed E-state index contributed by atoms with van der Waals surface area (Å²) in [6.07, 6.45) is 4.53. The standard InChI is InChI=1S/C17H19N3OS/c21-10-6-2-5-9-18-16-14-11-15(13-7-3-1-4-8-13)22-17(14)20-12-19-16/h1,3-4,7-8,11-12,21H,2,5-6,9-10H2,(H,18,19,20). The van der Waals surface area contributed by atoms with Crippen LogP contribution in [-0.4, -0.2) is 28.2 Å². The van der Waals surface area contributed by atoms with Gasteiger partial charge < -0.3 is 10.4 Å². The predicted octanol–water partition coefficient (Wildman–Crippen LogP) is 3.93. The number of unbranched alkanes of at least 4 members (excludes halogenated alkanes) is 2. The molecule has 4 nitrogen and oxygen atoms in total. The number of aliphatic hydroxyl groups excluding tert-OH is 1. The summed E-state index contributed by atoms with van der Waals surface area (Å²) in [4.78, 5) is 11.0. The number of nitrogens with one attached hydrogen (secondary N) is 1. The van der Waals surface area contributed by atoms with Crippen LogP contribution in [0, 0.1) is 0 Å². The molecule has 22 heavy (non-hydrogen) atoms. The van der Waals surface area contributed by atoms with Crippen LogP contribution in [0.1, 0.15) is 19.3 Å². The lowest BCUT2D eigenvalue weighted by molar-refractivity contribution is 0.283. The summed E-state index contributed by atoms with van der Waals surface area (Å²) in [6.45, 7) is 1.13. The maximum atomic E-state index is 8.80. The number of anilines is 1. The van der Waals surface area contributed by atoms with Crippen LogP contribution >= 0.6 is 11.3 Å². The van der Waals surface area contributed by atoms with E-state index in [9.17, 15) is 0 Å². The lowest BCUT2D eigenvalue weighted by atomic mass is 10.2. The summed E-state index contributed by atoms with van der Waals surface area (Å²) >= 11 is 1.69. The molecule has 0 saturated carbocycles. The van der Waals surface area contributed by atoms with Crippen molar-refractivity contribution < 1.29 is 5.11 Å². The van der Waals surface area contributed by atoms with Crippen LogP contribution in [0.2, 0.25) is 0 Å². The first-order valence-corrected chi connectivity index (χ1v) is 8.35. The first-order chi connectivity index (χ1) is 10.9. The van der Waals surface area contributed by atoms with Crippen molar-refractivity contribution in [1.82, 2.24) is 9.97 Å². The van der Waals surface area contributed by atoms with Gasteiger partial charge in [0.05, 0.1) is 5.39 Å². The number of rotatable bonds is 7. The molecule has 3 rings (SSSR count). The van der Waals surface area contributed by atoms with Crippen molar-refractivity contribution >= 4 is 27.4 Å². The molecular formula is C17H19N3OS. The normalized spacial score (nSPS) is 11.0. The average molecular weight is 313 g/mol. The molecule has 0 saturated heterocycles. The van der Waals surface area contributed by atoms with Crippen LogP contribution in [-0.2, 0) is 0 Å². The number of fused-ring (bicyclic) bond motifs is 1. The predicted molar refractivity (Wildman–Crippen MR) is 92.3 cm³/mol. The quantitative estimate of drug-likeness (QED) is 0.649. The molecule has 0 atom stereocenters. The highest BCUT2D eigenvalue weighted by Crippen LogP contribution is 2.34. The van der Waals surface area contributed by atoms with E-state index in [0.29, 0.717) is 0 Å². The average Bonchev–Trinajstić information content (AvgIpc) is 3.00. The van der Waals surface area contributed by atoms with Crippen molar-refractivity contribution in [3.05, 3.63) is 42.7 Å². The molecular weight excluding hydrogens is 294 g/mol.